The Labute approximate surface area is 176 Å². The molecule has 0 spiro atoms. The second-order valence-corrected chi connectivity index (χ2v) is 13.1. The van der Waals surface area contributed by atoms with Crippen LogP contribution < -0.4 is 4.74 Å². The van der Waals surface area contributed by atoms with Gasteiger partial charge in [0.2, 0.25) is 0 Å². The van der Waals surface area contributed by atoms with Gasteiger partial charge in [0.25, 0.3) is 0 Å². The lowest BCUT2D eigenvalue weighted by Gasteiger charge is -2.37. The van der Waals surface area contributed by atoms with Gasteiger partial charge in [-0.3, -0.25) is 0 Å². The van der Waals surface area contributed by atoms with E-state index in [4.69, 9.17) is 0 Å². The molecular weight excluding hydrogens is 389 g/mol. The molecule has 0 aromatic heterocycles. The fourth-order valence-corrected chi connectivity index (χ4v) is 8.57. The van der Waals surface area contributed by atoms with E-state index in [1.807, 2.05) is 0 Å². The number of alkyl halides is 2. The van der Waals surface area contributed by atoms with E-state index in [1.165, 1.54) is 69.5 Å². The molecule has 1 aliphatic carbocycles. The van der Waals surface area contributed by atoms with Gasteiger partial charge in [0.1, 0.15) is 0 Å². The van der Waals surface area contributed by atoms with Gasteiger partial charge < -0.3 is 4.74 Å². The molecular formula is C24H37F3OSi. The third kappa shape index (κ3) is 7.04. The molecule has 2 fully saturated rings. The second-order valence-electron chi connectivity index (χ2n) is 9.36. The summed E-state index contributed by atoms with van der Waals surface area (Å²) in [5, 5.41) is 0. The van der Waals surface area contributed by atoms with E-state index in [2.05, 4.69) is 11.7 Å². The number of unbranched alkanes of at least 4 members (excludes halogenated alkanes) is 1. The summed E-state index contributed by atoms with van der Waals surface area (Å²) in [6.45, 7) is -0.589. The molecule has 2 aliphatic rings. The number of hydrogen-bond donors (Lipinski definition) is 0. The molecule has 0 bridgehead atoms. The number of benzene rings is 1. The Morgan fingerprint density at radius 2 is 1.69 bits per heavy atom. The van der Waals surface area contributed by atoms with Crippen molar-refractivity contribution in [2.75, 3.05) is 0 Å². The van der Waals surface area contributed by atoms with Gasteiger partial charge in [0.05, 0.1) is 0 Å². The van der Waals surface area contributed by atoms with Gasteiger partial charge in [-0.25, -0.2) is 4.39 Å². The maximum absolute atomic E-state index is 13.8. The number of halogens is 3. The standard InChI is InChI=1S/C24H37F3OSi/c1-2-29-15-13-21(14-16-29)20-10-7-18(8-11-20)5-3-4-6-19-9-12-23(22(25)17-19)28-24(26)27/h9,12,17-18,20-21,24,29H,2-8,10-11,13-16H2,1H3. The monoisotopic (exact) mass is 426 g/mol. The number of aryl methyl sites for hydroxylation is 1. The summed E-state index contributed by atoms with van der Waals surface area (Å²) < 4.78 is 42.3. The van der Waals surface area contributed by atoms with Crippen LogP contribution in [0.2, 0.25) is 18.1 Å². The Morgan fingerprint density at radius 3 is 2.31 bits per heavy atom. The van der Waals surface area contributed by atoms with Gasteiger partial charge in [-0.05, 0) is 61.1 Å². The molecule has 5 heteroatoms. The zero-order chi connectivity index (χ0) is 20.6. The third-order valence-electron chi connectivity index (χ3n) is 7.57. The summed E-state index contributed by atoms with van der Waals surface area (Å²) in [7, 11) is -0.332. The first-order chi connectivity index (χ1) is 14.0. The van der Waals surface area contributed by atoms with Gasteiger partial charge in [0.15, 0.2) is 11.6 Å². The highest BCUT2D eigenvalue weighted by Crippen LogP contribution is 2.41. The van der Waals surface area contributed by atoms with Crippen LogP contribution in [0.5, 0.6) is 5.75 Å². The first kappa shape index (κ1) is 22.7. The quantitative estimate of drug-likeness (QED) is 0.292. The molecule has 1 aromatic rings. The van der Waals surface area contributed by atoms with Crippen molar-refractivity contribution in [2.24, 2.45) is 17.8 Å². The summed E-state index contributed by atoms with van der Waals surface area (Å²) in [6, 6.07) is 9.03. The summed E-state index contributed by atoms with van der Waals surface area (Å²) in [5.41, 5.74) is 0.860. The molecule has 1 aromatic carbocycles. The predicted molar refractivity (Wildman–Crippen MR) is 116 cm³/mol. The molecule has 0 radical (unpaired) electrons. The van der Waals surface area contributed by atoms with Crippen LogP contribution in [-0.2, 0) is 6.42 Å². The maximum atomic E-state index is 13.8. The van der Waals surface area contributed by atoms with Crippen LogP contribution in [0, 0.1) is 23.6 Å². The molecule has 29 heavy (non-hydrogen) atoms. The van der Waals surface area contributed by atoms with Crippen molar-refractivity contribution in [3.8, 4) is 5.75 Å². The van der Waals surface area contributed by atoms with Gasteiger partial charge >= 0.3 is 6.61 Å². The predicted octanol–water partition coefficient (Wildman–Crippen LogP) is 7.60. The summed E-state index contributed by atoms with van der Waals surface area (Å²) in [4.78, 5) is 0. The van der Waals surface area contributed by atoms with Crippen molar-refractivity contribution in [1.29, 1.82) is 0 Å². The first-order valence-electron chi connectivity index (χ1n) is 11.8. The van der Waals surface area contributed by atoms with Crippen molar-refractivity contribution < 1.29 is 17.9 Å². The molecule has 1 saturated carbocycles. The maximum Gasteiger partial charge on any atom is 0.387 e. The highest BCUT2D eigenvalue weighted by atomic mass is 28.3. The lowest BCUT2D eigenvalue weighted by atomic mass is 9.73. The summed E-state index contributed by atoms with van der Waals surface area (Å²) in [6.07, 6.45) is 13.0. The van der Waals surface area contributed by atoms with E-state index in [1.54, 1.807) is 18.2 Å². The van der Waals surface area contributed by atoms with Crippen LogP contribution in [0.1, 0.15) is 70.3 Å². The number of hydrogen-bond acceptors (Lipinski definition) is 1. The van der Waals surface area contributed by atoms with Crippen LogP contribution in [0.25, 0.3) is 0 Å². The zero-order valence-corrected chi connectivity index (χ0v) is 19.0. The van der Waals surface area contributed by atoms with Gasteiger partial charge in [-0.15, -0.1) is 0 Å². The lowest BCUT2D eigenvalue weighted by molar-refractivity contribution is -0.0522. The number of ether oxygens (including phenoxy) is 1. The van der Waals surface area contributed by atoms with Crippen molar-refractivity contribution in [3.63, 3.8) is 0 Å². The minimum atomic E-state index is -2.99. The van der Waals surface area contributed by atoms with E-state index in [9.17, 15) is 13.2 Å². The van der Waals surface area contributed by atoms with Crippen molar-refractivity contribution >= 4 is 8.80 Å². The SMILES string of the molecule is CC[SiH]1CCC(C2CCC(CCCCc3ccc(OC(F)F)c(F)c3)CC2)CC1. The topological polar surface area (TPSA) is 9.23 Å². The smallest absolute Gasteiger partial charge is 0.387 e. The normalized spacial score (nSPS) is 27.9. The lowest BCUT2D eigenvalue weighted by Crippen LogP contribution is -2.28. The molecule has 0 N–H and O–H groups in total. The molecule has 0 atom stereocenters. The Bertz CT molecular complexity index is 608. The van der Waals surface area contributed by atoms with E-state index in [0.29, 0.717) is 0 Å². The van der Waals surface area contributed by atoms with Crippen molar-refractivity contribution in [1.82, 2.24) is 0 Å². The van der Waals surface area contributed by atoms with E-state index in [0.717, 1.165) is 36.2 Å². The molecule has 1 saturated heterocycles. The first-order valence-corrected chi connectivity index (χ1v) is 14.2. The molecule has 164 valence electrons. The Morgan fingerprint density at radius 1 is 1.00 bits per heavy atom. The Hall–Kier alpha value is -0.973. The minimum absolute atomic E-state index is 0.332. The second kappa shape index (κ2) is 11.4. The van der Waals surface area contributed by atoms with Crippen LogP contribution >= 0.6 is 0 Å². The molecule has 1 heterocycles. The molecule has 0 unspecified atom stereocenters. The molecule has 1 aliphatic heterocycles. The summed E-state index contributed by atoms with van der Waals surface area (Å²) in [5.74, 6) is 1.82. The largest absolute Gasteiger partial charge is 0.432 e. The minimum Gasteiger partial charge on any atom is -0.432 e. The average Bonchev–Trinajstić information content (AvgIpc) is 2.73. The highest BCUT2D eigenvalue weighted by molar-refractivity contribution is 6.58. The fraction of sp³-hybridized carbons (Fsp3) is 0.750. The molecule has 1 nitrogen and oxygen atoms in total. The Balaban J connectivity index is 1.31. The molecule has 0 amide bonds. The van der Waals surface area contributed by atoms with E-state index in [-0.39, 0.29) is 14.5 Å². The van der Waals surface area contributed by atoms with Gasteiger partial charge in [-0.2, -0.15) is 8.78 Å². The van der Waals surface area contributed by atoms with Gasteiger partial charge in [0, 0.05) is 8.80 Å². The van der Waals surface area contributed by atoms with E-state index < -0.39 is 12.4 Å². The van der Waals surface area contributed by atoms with Crippen molar-refractivity contribution in [2.45, 2.75) is 95.9 Å². The Kier molecular flexibility index (Phi) is 8.95. The third-order valence-corrected chi connectivity index (χ3v) is 11.0. The van der Waals surface area contributed by atoms with E-state index >= 15 is 0 Å². The zero-order valence-electron chi connectivity index (χ0n) is 17.9. The highest BCUT2D eigenvalue weighted by Gasteiger charge is 2.30. The van der Waals surface area contributed by atoms with Crippen LogP contribution in [-0.4, -0.2) is 15.4 Å². The van der Waals surface area contributed by atoms with Crippen LogP contribution in [0.3, 0.4) is 0 Å². The molecule has 3 rings (SSSR count). The van der Waals surface area contributed by atoms with Crippen LogP contribution in [0.4, 0.5) is 13.2 Å². The average molecular weight is 427 g/mol. The summed E-state index contributed by atoms with van der Waals surface area (Å²) >= 11 is 0. The van der Waals surface area contributed by atoms with Gasteiger partial charge in [-0.1, -0.05) is 69.6 Å². The fourth-order valence-electron chi connectivity index (χ4n) is 5.67. The van der Waals surface area contributed by atoms with Crippen LogP contribution in [0.15, 0.2) is 18.2 Å². The van der Waals surface area contributed by atoms with Crippen molar-refractivity contribution in [3.05, 3.63) is 29.6 Å². The number of rotatable bonds is 9.